The van der Waals surface area contributed by atoms with Crippen LogP contribution in [0.15, 0.2) is 30.6 Å². The second kappa shape index (κ2) is 5.50. The third-order valence-corrected chi connectivity index (χ3v) is 3.26. The lowest BCUT2D eigenvalue weighted by molar-refractivity contribution is 0.466. The Labute approximate surface area is 112 Å². The fourth-order valence-electron chi connectivity index (χ4n) is 1.98. The van der Waals surface area contributed by atoms with Crippen LogP contribution < -0.4 is 5.32 Å². The summed E-state index contributed by atoms with van der Waals surface area (Å²) in [6.45, 7) is 4.20. The molecule has 1 aromatic carbocycles. The number of aromatic nitrogens is 3. The van der Waals surface area contributed by atoms with Crippen LogP contribution in [-0.4, -0.2) is 14.8 Å². The van der Waals surface area contributed by atoms with Gasteiger partial charge in [-0.15, -0.1) is 10.2 Å². The van der Waals surface area contributed by atoms with Crippen LogP contribution in [0, 0.1) is 0 Å². The van der Waals surface area contributed by atoms with Crippen molar-refractivity contribution in [3.05, 3.63) is 47.0 Å². The first-order valence-electron chi connectivity index (χ1n) is 5.93. The number of nitrogens with zero attached hydrogens (tertiary/aromatic N) is 3. The minimum Gasteiger partial charge on any atom is -0.319 e. The molecule has 0 aliphatic heterocycles. The van der Waals surface area contributed by atoms with Crippen molar-refractivity contribution in [2.45, 2.75) is 25.9 Å². The summed E-state index contributed by atoms with van der Waals surface area (Å²) in [4.78, 5) is 0. The molecule has 2 unspecified atom stereocenters. The Morgan fingerprint density at radius 2 is 1.83 bits per heavy atom. The summed E-state index contributed by atoms with van der Waals surface area (Å²) in [5, 5.41) is 12.2. The van der Waals surface area contributed by atoms with Crippen LogP contribution in [0.1, 0.15) is 37.3 Å². The molecule has 0 saturated carbocycles. The van der Waals surface area contributed by atoms with Gasteiger partial charge in [0.2, 0.25) is 0 Å². The van der Waals surface area contributed by atoms with Crippen LogP contribution in [0.4, 0.5) is 0 Å². The van der Waals surface area contributed by atoms with Gasteiger partial charge in [0, 0.05) is 18.1 Å². The molecule has 2 rings (SSSR count). The number of hydrogen-bond acceptors (Lipinski definition) is 3. The van der Waals surface area contributed by atoms with Crippen LogP contribution in [0.25, 0.3) is 0 Å². The second-order valence-electron chi connectivity index (χ2n) is 4.46. The molecule has 0 aliphatic rings. The number of benzene rings is 1. The molecule has 2 atom stereocenters. The van der Waals surface area contributed by atoms with Crippen molar-refractivity contribution in [1.82, 2.24) is 20.1 Å². The summed E-state index contributed by atoms with van der Waals surface area (Å²) in [6, 6.07) is 8.24. The first-order valence-corrected chi connectivity index (χ1v) is 6.31. The SMILES string of the molecule is CC(NC(C)c1nncn1C)c1ccc(Cl)cc1. The van der Waals surface area contributed by atoms with Gasteiger partial charge in [0.05, 0.1) is 6.04 Å². The highest BCUT2D eigenvalue weighted by atomic mass is 35.5. The van der Waals surface area contributed by atoms with E-state index in [1.807, 2.05) is 35.9 Å². The Balaban J connectivity index is 2.05. The van der Waals surface area contributed by atoms with Crippen LogP contribution >= 0.6 is 11.6 Å². The third-order valence-electron chi connectivity index (χ3n) is 3.00. The van der Waals surface area contributed by atoms with Crippen molar-refractivity contribution in [1.29, 1.82) is 0 Å². The number of halogens is 1. The van der Waals surface area contributed by atoms with Gasteiger partial charge in [0.25, 0.3) is 0 Å². The van der Waals surface area contributed by atoms with E-state index in [4.69, 9.17) is 11.6 Å². The fourth-order valence-corrected chi connectivity index (χ4v) is 2.11. The van der Waals surface area contributed by atoms with E-state index in [2.05, 4.69) is 29.4 Å². The van der Waals surface area contributed by atoms with Crippen LogP contribution in [-0.2, 0) is 7.05 Å². The minimum absolute atomic E-state index is 0.142. The van der Waals surface area contributed by atoms with E-state index in [0.717, 1.165) is 10.8 Å². The summed E-state index contributed by atoms with van der Waals surface area (Å²) < 4.78 is 1.92. The molecule has 2 aromatic rings. The maximum Gasteiger partial charge on any atom is 0.149 e. The van der Waals surface area contributed by atoms with Crippen molar-refractivity contribution >= 4 is 11.6 Å². The Morgan fingerprint density at radius 1 is 1.17 bits per heavy atom. The Kier molecular flexibility index (Phi) is 3.99. The van der Waals surface area contributed by atoms with Crippen molar-refractivity contribution in [3.8, 4) is 0 Å². The second-order valence-corrected chi connectivity index (χ2v) is 4.90. The summed E-state index contributed by atoms with van der Waals surface area (Å²) in [5.74, 6) is 0.927. The van der Waals surface area contributed by atoms with Crippen LogP contribution in [0.3, 0.4) is 0 Å². The van der Waals surface area contributed by atoms with E-state index in [1.165, 1.54) is 5.56 Å². The van der Waals surface area contributed by atoms with Crippen molar-refractivity contribution in [3.63, 3.8) is 0 Å². The van der Waals surface area contributed by atoms with Crippen LogP contribution in [0.5, 0.6) is 0 Å². The molecule has 0 radical (unpaired) electrons. The van der Waals surface area contributed by atoms with Gasteiger partial charge in [-0.3, -0.25) is 0 Å². The highest BCUT2D eigenvalue weighted by molar-refractivity contribution is 6.30. The quantitative estimate of drug-likeness (QED) is 0.923. The molecule has 1 heterocycles. The fraction of sp³-hybridized carbons (Fsp3) is 0.385. The molecule has 4 nitrogen and oxygen atoms in total. The Hall–Kier alpha value is -1.39. The maximum atomic E-state index is 5.88. The number of hydrogen-bond donors (Lipinski definition) is 1. The molecule has 18 heavy (non-hydrogen) atoms. The standard InChI is InChI=1S/C13H17ClN4/c1-9(11-4-6-12(14)7-5-11)16-10(2)13-17-15-8-18(13)3/h4-10,16H,1-3H3. The van der Waals surface area contributed by atoms with Gasteiger partial charge in [-0.1, -0.05) is 23.7 Å². The molecular formula is C13H17ClN4. The highest BCUT2D eigenvalue weighted by Crippen LogP contribution is 2.19. The Bertz CT molecular complexity index is 506. The monoisotopic (exact) mass is 264 g/mol. The smallest absolute Gasteiger partial charge is 0.149 e. The van der Waals surface area contributed by atoms with E-state index >= 15 is 0 Å². The maximum absolute atomic E-state index is 5.88. The third kappa shape index (κ3) is 2.89. The molecule has 0 amide bonds. The average Bonchev–Trinajstić information content (AvgIpc) is 2.76. The summed E-state index contributed by atoms with van der Waals surface area (Å²) in [6.07, 6.45) is 1.71. The van der Waals surface area contributed by atoms with Crippen molar-refractivity contribution in [2.75, 3.05) is 0 Å². The largest absolute Gasteiger partial charge is 0.319 e. The predicted molar refractivity (Wildman–Crippen MR) is 72.4 cm³/mol. The van der Waals surface area contributed by atoms with Crippen molar-refractivity contribution in [2.24, 2.45) is 7.05 Å². The van der Waals surface area contributed by atoms with Gasteiger partial charge < -0.3 is 9.88 Å². The molecule has 0 spiro atoms. The number of nitrogens with one attached hydrogen (secondary N) is 1. The number of rotatable bonds is 4. The normalized spacial score (nSPS) is 14.4. The molecule has 0 fully saturated rings. The Morgan fingerprint density at radius 3 is 2.39 bits per heavy atom. The lowest BCUT2D eigenvalue weighted by Crippen LogP contribution is -2.24. The average molecular weight is 265 g/mol. The lowest BCUT2D eigenvalue weighted by atomic mass is 10.1. The van der Waals surface area contributed by atoms with E-state index in [9.17, 15) is 0 Å². The van der Waals surface area contributed by atoms with E-state index < -0.39 is 0 Å². The molecule has 1 aromatic heterocycles. The van der Waals surface area contributed by atoms with E-state index in [-0.39, 0.29) is 12.1 Å². The first kappa shape index (κ1) is 13.1. The highest BCUT2D eigenvalue weighted by Gasteiger charge is 2.14. The zero-order chi connectivity index (χ0) is 13.1. The predicted octanol–water partition coefficient (Wildman–Crippen LogP) is 2.88. The van der Waals surface area contributed by atoms with Gasteiger partial charge >= 0.3 is 0 Å². The number of aryl methyl sites for hydroxylation is 1. The van der Waals surface area contributed by atoms with Gasteiger partial charge in [-0.2, -0.15) is 0 Å². The molecule has 0 aliphatic carbocycles. The zero-order valence-corrected chi connectivity index (χ0v) is 11.5. The minimum atomic E-state index is 0.142. The van der Waals surface area contributed by atoms with E-state index in [0.29, 0.717) is 0 Å². The molecule has 0 saturated heterocycles. The van der Waals surface area contributed by atoms with Gasteiger partial charge in [-0.25, -0.2) is 0 Å². The zero-order valence-electron chi connectivity index (χ0n) is 10.8. The van der Waals surface area contributed by atoms with E-state index in [1.54, 1.807) is 6.33 Å². The van der Waals surface area contributed by atoms with Gasteiger partial charge in [-0.05, 0) is 31.5 Å². The first-order chi connectivity index (χ1) is 8.58. The molecule has 96 valence electrons. The summed E-state index contributed by atoms with van der Waals surface area (Å²) >= 11 is 5.88. The summed E-state index contributed by atoms with van der Waals surface area (Å²) in [5.41, 5.74) is 1.20. The van der Waals surface area contributed by atoms with Crippen molar-refractivity contribution < 1.29 is 0 Å². The van der Waals surface area contributed by atoms with Gasteiger partial charge in [0.15, 0.2) is 0 Å². The van der Waals surface area contributed by atoms with Crippen LogP contribution in [0.2, 0.25) is 5.02 Å². The van der Waals surface area contributed by atoms with Gasteiger partial charge in [0.1, 0.15) is 12.2 Å². The lowest BCUT2D eigenvalue weighted by Gasteiger charge is -2.19. The molecule has 5 heteroatoms. The molecular weight excluding hydrogens is 248 g/mol. The summed E-state index contributed by atoms with van der Waals surface area (Å²) in [7, 11) is 1.94. The molecule has 0 bridgehead atoms. The topological polar surface area (TPSA) is 42.7 Å². The molecule has 1 N–H and O–H groups in total.